The van der Waals surface area contributed by atoms with Gasteiger partial charge in [-0.2, -0.15) is 0 Å². The Bertz CT molecular complexity index is 115. The van der Waals surface area contributed by atoms with Crippen LogP contribution in [0.2, 0.25) is 0 Å². The first-order chi connectivity index (χ1) is 5.31. The van der Waals surface area contributed by atoms with Crippen molar-refractivity contribution in [2.75, 3.05) is 12.3 Å². The molecule has 1 unspecified atom stereocenters. The van der Waals surface area contributed by atoms with Crippen molar-refractivity contribution in [3.05, 3.63) is 0 Å². The molecule has 0 aromatic heterocycles. The van der Waals surface area contributed by atoms with Gasteiger partial charge >= 0.3 is 0 Å². The molecule has 74 valence electrons. The summed E-state index contributed by atoms with van der Waals surface area (Å²) in [6.45, 7) is 11.3. The van der Waals surface area contributed by atoms with E-state index in [4.69, 9.17) is 11.2 Å². The van der Waals surface area contributed by atoms with Crippen molar-refractivity contribution in [2.24, 2.45) is 11.3 Å². The molecule has 0 nitrogen and oxygen atoms in total. The van der Waals surface area contributed by atoms with Gasteiger partial charge in [-0.15, -0.1) is 0 Å². The van der Waals surface area contributed by atoms with Crippen LogP contribution in [0.15, 0.2) is 0 Å². The van der Waals surface area contributed by atoms with Crippen LogP contribution in [0.25, 0.3) is 0 Å². The fraction of sp³-hybridized carbons (Fsp3) is 1.00. The minimum Gasteiger partial charge on any atom is -0.0964 e. The zero-order valence-electron chi connectivity index (χ0n) is 9.02. The van der Waals surface area contributed by atoms with Gasteiger partial charge in [-0.3, -0.25) is 0 Å². The Kier molecular flexibility index (Phi) is 5.78. The van der Waals surface area contributed by atoms with E-state index >= 15 is 0 Å². The highest BCUT2D eigenvalue weighted by Gasteiger charge is 2.16. The van der Waals surface area contributed by atoms with E-state index < -0.39 is 0 Å². The topological polar surface area (TPSA) is 0 Å². The summed E-state index contributed by atoms with van der Waals surface area (Å²) in [4.78, 5) is 0. The molecule has 12 heavy (non-hydrogen) atoms. The molecule has 0 amide bonds. The second-order valence-electron chi connectivity index (χ2n) is 5.09. The second kappa shape index (κ2) is 5.45. The van der Waals surface area contributed by atoms with E-state index in [0.29, 0.717) is 5.41 Å². The Balaban J connectivity index is 3.53. The third-order valence-corrected chi connectivity index (χ3v) is 4.50. The van der Waals surface area contributed by atoms with Crippen LogP contribution in [-0.4, -0.2) is 12.3 Å². The van der Waals surface area contributed by atoms with E-state index in [0.717, 1.165) is 5.92 Å². The molecule has 0 aliphatic carbocycles. The lowest BCUT2D eigenvalue weighted by Gasteiger charge is -2.22. The lowest BCUT2D eigenvalue weighted by atomic mass is 10.0. The molecule has 0 heterocycles. The molecule has 0 bridgehead atoms. The first-order valence-corrected chi connectivity index (χ1v) is 7.34. The van der Waals surface area contributed by atoms with Crippen LogP contribution in [-0.2, 0) is 0 Å². The maximum Gasteiger partial charge on any atom is -0.00920 e. The molecule has 0 fully saturated rings. The minimum atomic E-state index is -0.229. The average molecular weight is 209 g/mol. The average Bonchev–Trinajstić information content (AvgIpc) is 1.79. The summed E-state index contributed by atoms with van der Waals surface area (Å²) in [6.07, 6.45) is 3.70. The Morgan fingerprint density at radius 3 is 2.08 bits per heavy atom. The van der Waals surface area contributed by atoms with E-state index in [1.165, 1.54) is 18.7 Å². The summed E-state index contributed by atoms with van der Waals surface area (Å²) in [5.41, 5.74) is 0.407. The van der Waals surface area contributed by atoms with E-state index in [-0.39, 0.29) is 7.27 Å². The molecular formula is C10H22ClP. The molecule has 0 aromatic rings. The van der Waals surface area contributed by atoms with Gasteiger partial charge in [0.1, 0.15) is 0 Å². The Morgan fingerprint density at radius 2 is 1.75 bits per heavy atom. The highest BCUT2D eigenvalue weighted by Crippen LogP contribution is 2.47. The molecule has 0 aliphatic rings. The van der Waals surface area contributed by atoms with E-state index in [1.807, 2.05) is 0 Å². The minimum absolute atomic E-state index is 0.229. The predicted molar refractivity (Wildman–Crippen MR) is 61.4 cm³/mol. The van der Waals surface area contributed by atoms with Gasteiger partial charge in [0.2, 0.25) is 0 Å². The van der Waals surface area contributed by atoms with Gasteiger partial charge in [0.15, 0.2) is 0 Å². The highest BCUT2D eigenvalue weighted by atomic mass is 35.7. The zero-order valence-corrected chi connectivity index (χ0v) is 10.7. The number of halogens is 1. The van der Waals surface area contributed by atoms with Crippen molar-refractivity contribution in [1.82, 2.24) is 0 Å². The molecule has 0 radical (unpaired) electrons. The molecule has 0 rings (SSSR count). The number of hydrogen-bond donors (Lipinski definition) is 0. The van der Waals surface area contributed by atoms with Gasteiger partial charge in [0.25, 0.3) is 0 Å². The lowest BCUT2D eigenvalue weighted by molar-refractivity contribution is 0.477. The van der Waals surface area contributed by atoms with Crippen molar-refractivity contribution >= 4 is 18.5 Å². The van der Waals surface area contributed by atoms with Crippen LogP contribution >= 0.6 is 18.5 Å². The van der Waals surface area contributed by atoms with Crippen LogP contribution in [0.3, 0.4) is 0 Å². The van der Waals surface area contributed by atoms with Gasteiger partial charge in [0, 0.05) is 0 Å². The van der Waals surface area contributed by atoms with E-state index in [1.54, 1.807) is 0 Å². The van der Waals surface area contributed by atoms with Crippen molar-refractivity contribution in [3.63, 3.8) is 0 Å². The number of hydrogen-bond acceptors (Lipinski definition) is 0. The smallest absolute Gasteiger partial charge is 0.00920 e. The maximum absolute atomic E-state index is 6.27. The fourth-order valence-corrected chi connectivity index (χ4v) is 4.34. The van der Waals surface area contributed by atoms with Crippen LogP contribution < -0.4 is 0 Å². The van der Waals surface area contributed by atoms with Crippen molar-refractivity contribution < 1.29 is 0 Å². The fourth-order valence-electron chi connectivity index (χ4n) is 0.992. The van der Waals surface area contributed by atoms with E-state index in [2.05, 4.69) is 34.6 Å². The molecular weight excluding hydrogens is 187 g/mol. The standard InChI is InChI=1S/C10H22ClP/c1-9(2)6-7-12(11)8-10(3,4)5/h9H,6-8H2,1-5H3. The first-order valence-electron chi connectivity index (χ1n) is 4.72. The lowest BCUT2D eigenvalue weighted by Crippen LogP contribution is -2.09. The molecule has 1 atom stereocenters. The van der Waals surface area contributed by atoms with Gasteiger partial charge in [-0.1, -0.05) is 45.9 Å². The van der Waals surface area contributed by atoms with Crippen molar-refractivity contribution in [3.8, 4) is 0 Å². The van der Waals surface area contributed by atoms with Crippen molar-refractivity contribution in [2.45, 2.75) is 41.0 Å². The molecule has 0 aliphatic heterocycles. The SMILES string of the molecule is CC(C)CCP(Cl)CC(C)(C)C. The van der Waals surface area contributed by atoms with Crippen LogP contribution in [0.4, 0.5) is 0 Å². The van der Waals surface area contributed by atoms with Gasteiger partial charge < -0.3 is 0 Å². The predicted octanol–water partition coefficient (Wildman–Crippen LogP) is 4.71. The van der Waals surface area contributed by atoms with Crippen LogP contribution in [0, 0.1) is 11.3 Å². The summed E-state index contributed by atoms with van der Waals surface area (Å²) >= 11 is 6.27. The summed E-state index contributed by atoms with van der Waals surface area (Å²) in [5.74, 6) is 0.800. The Labute approximate surface area is 83.6 Å². The van der Waals surface area contributed by atoms with Crippen LogP contribution in [0.5, 0.6) is 0 Å². The summed E-state index contributed by atoms with van der Waals surface area (Å²) in [5, 5.41) is 0. The van der Waals surface area contributed by atoms with Crippen molar-refractivity contribution in [1.29, 1.82) is 0 Å². The van der Waals surface area contributed by atoms with E-state index in [9.17, 15) is 0 Å². The molecule has 0 spiro atoms. The van der Waals surface area contributed by atoms with Gasteiger partial charge in [-0.25, -0.2) is 0 Å². The quantitative estimate of drug-likeness (QED) is 0.587. The maximum atomic E-state index is 6.27. The van der Waals surface area contributed by atoms with Crippen LogP contribution in [0.1, 0.15) is 41.0 Å². The molecule has 0 saturated heterocycles. The summed E-state index contributed by atoms with van der Waals surface area (Å²) in [6, 6.07) is 0. The molecule has 2 heteroatoms. The Hall–Kier alpha value is 0.720. The Morgan fingerprint density at radius 1 is 1.25 bits per heavy atom. The zero-order chi connectivity index (χ0) is 9.78. The number of rotatable bonds is 4. The normalized spacial score (nSPS) is 15.2. The monoisotopic (exact) mass is 208 g/mol. The molecule has 0 aromatic carbocycles. The second-order valence-corrected chi connectivity index (χ2v) is 8.21. The third-order valence-electron chi connectivity index (χ3n) is 1.59. The van der Waals surface area contributed by atoms with Gasteiger partial charge in [-0.05, 0) is 37.4 Å². The largest absolute Gasteiger partial charge is 0.0964 e. The summed E-state index contributed by atoms with van der Waals surface area (Å²) < 4.78 is 0. The van der Waals surface area contributed by atoms with Gasteiger partial charge in [0.05, 0.1) is 0 Å². The highest BCUT2D eigenvalue weighted by molar-refractivity contribution is 7.84. The molecule has 0 N–H and O–H groups in total. The first kappa shape index (κ1) is 12.7. The third kappa shape index (κ3) is 8.81. The summed E-state index contributed by atoms with van der Waals surface area (Å²) in [7, 11) is -0.229. The molecule has 0 saturated carbocycles.